The van der Waals surface area contributed by atoms with Gasteiger partial charge < -0.3 is 0 Å². The second kappa shape index (κ2) is 3.80. The minimum atomic E-state index is -2.93. The first-order valence-electron chi connectivity index (χ1n) is 4.51. The summed E-state index contributed by atoms with van der Waals surface area (Å²) in [5.41, 5.74) is 0. The van der Waals surface area contributed by atoms with Gasteiger partial charge in [-0.2, -0.15) is 0 Å². The second-order valence-electron chi connectivity index (χ2n) is 3.97. The van der Waals surface area contributed by atoms with Crippen LogP contribution in [0.15, 0.2) is 11.5 Å². The summed E-state index contributed by atoms with van der Waals surface area (Å²) in [5, 5.41) is 1.31. The molecule has 0 atom stereocenters. The van der Waals surface area contributed by atoms with Crippen molar-refractivity contribution >= 4 is 9.84 Å². The van der Waals surface area contributed by atoms with Crippen molar-refractivity contribution < 1.29 is 8.42 Å². The van der Waals surface area contributed by atoms with E-state index in [-0.39, 0.29) is 0 Å². The number of sulfone groups is 1. The summed E-state index contributed by atoms with van der Waals surface area (Å²) in [6, 6.07) is 0.572. The third kappa shape index (κ3) is 3.48. The van der Waals surface area contributed by atoms with Crippen LogP contribution in [0.4, 0.5) is 0 Å². The summed E-state index contributed by atoms with van der Waals surface area (Å²) in [6.07, 6.45) is 3.02. The van der Waals surface area contributed by atoms with Crippen molar-refractivity contribution in [3.05, 3.63) is 11.5 Å². The molecule has 1 rings (SSSR count). The quantitative estimate of drug-likeness (QED) is 0.683. The van der Waals surface area contributed by atoms with Crippen LogP contribution in [0.25, 0.3) is 0 Å². The van der Waals surface area contributed by atoms with Crippen LogP contribution in [-0.2, 0) is 9.84 Å². The lowest BCUT2D eigenvalue weighted by molar-refractivity contribution is 0.0943. The zero-order chi connectivity index (χ0) is 10.1. The number of nitrogens with zero attached hydrogens (tertiary/aromatic N) is 1. The van der Waals surface area contributed by atoms with Crippen LogP contribution in [0, 0.1) is 5.92 Å². The van der Waals surface area contributed by atoms with E-state index < -0.39 is 9.84 Å². The van der Waals surface area contributed by atoms with Gasteiger partial charge in [0.25, 0.3) is 0 Å². The van der Waals surface area contributed by atoms with E-state index in [9.17, 15) is 8.42 Å². The van der Waals surface area contributed by atoms with E-state index in [1.807, 2.05) is 0 Å². The first-order chi connectivity index (χ1) is 5.88. The Labute approximate surface area is 80.3 Å². The van der Waals surface area contributed by atoms with Crippen LogP contribution in [0.3, 0.4) is 0 Å². The fourth-order valence-electron chi connectivity index (χ4n) is 1.35. The van der Waals surface area contributed by atoms with Crippen molar-refractivity contribution in [1.29, 1.82) is 0 Å². The van der Waals surface area contributed by atoms with Gasteiger partial charge in [0.2, 0.25) is 0 Å². The highest BCUT2D eigenvalue weighted by Crippen LogP contribution is 2.19. The average Bonchev–Trinajstić information content (AvgIpc) is 1.79. The van der Waals surface area contributed by atoms with E-state index in [1.54, 1.807) is 6.08 Å². The molecule has 0 N–H and O–H groups in total. The van der Waals surface area contributed by atoms with Crippen molar-refractivity contribution in [3.8, 4) is 0 Å². The molecule has 1 aliphatic rings. The molecule has 4 heteroatoms. The number of rotatable bonds is 3. The SMILES string of the molecule is CC(C)N1CC(/C=C/S(C)(=O)=O)C1. The molecule has 0 aliphatic carbocycles. The molecule has 3 nitrogen and oxygen atoms in total. The van der Waals surface area contributed by atoms with Crippen molar-refractivity contribution in [3.63, 3.8) is 0 Å². The highest BCUT2D eigenvalue weighted by molar-refractivity contribution is 7.93. The number of hydrogen-bond acceptors (Lipinski definition) is 3. The normalized spacial score (nSPS) is 21.2. The Hall–Kier alpha value is -0.350. The first-order valence-corrected chi connectivity index (χ1v) is 6.46. The van der Waals surface area contributed by atoms with Crippen LogP contribution in [0.5, 0.6) is 0 Å². The molecule has 0 bridgehead atoms. The fraction of sp³-hybridized carbons (Fsp3) is 0.778. The van der Waals surface area contributed by atoms with Crippen LogP contribution < -0.4 is 0 Å². The summed E-state index contributed by atoms with van der Waals surface area (Å²) >= 11 is 0. The zero-order valence-electron chi connectivity index (χ0n) is 8.40. The summed E-state index contributed by atoms with van der Waals surface area (Å²) in [4.78, 5) is 2.32. The molecule has 0 radical (unpaired) electrons. The third-order valence-corrected chi connectivity index (χ3v) is 2.92. The number of hydrogen-bond donors (Lipinski definition) is 0. The molecule has 0 spiro atoms. The summed E-state index contributed by atoms with van der Waals surface area (Å²) < 4.78 is 21.6. The van der Waals surface area contributed by atoms with Gasteiger partial charge in [0, 0.05) is 36.7 Å². The maximum absolute atomic E-state index is 10.8. The summed E-state index contributed by atoms with van der Waals surface area (Å²) in [7, 11) is -2.93. The minimum absolute atomic E-state index is 0.428. The molecular weight excluding hydrogens is 186 g/mol. The molecule has 0 aromatic rings. The molecule has 1 fully saturated rings. The molecule has 76 valence electrons. The Bertz CT molecular complexity index is 287. The molecule has 0 aromatic carbocycles. The van der Waals surface area contributed by atoms with E-state index in [4.69, 9.17) is 0 Å². The Kier molecular flexibility index (Phi) is 3.14. The standard InChI is InChI=1S/C9H17NO2S/c1-8(2)10-6-9(7-10)4-5-13(3,11)12/h4-5,8-9H,6-7H2,1-3H3/b5-4+. The second-order valence-corrected chi connectivity index (χ2v) is 5.90. The van der Waals surface area contributed by atoms with Crippen LogP contribution in [0.2, 0.25) is 0 Å². The van der Waals surface area contributed by atoms with Crippen LogP contribution >= 0.6 is 0 Å². The largest absolute Gasteiger partial charge is 0.300 e. The van der Waals surface area contributed by atoms with Gasteiger partial charge in [-0.1, -0.05) is 6.08 Å². The lowest BCUT2D eigenvalue weighted by Crippen LogP contribution is -2.49. The zero-order valence-corrected chi connectivity index (χ0v) is 9.21. The van der Waals surface area contributed by atoms with E-state index in [0.29, 0.717) is 12.0 Å². The van der Waals surface area contributed by atoms with Crippen molar-refractivity contribution in [2.75, 3.05) is 19.3 Å². The summed E-state index contributed by atoms with van der Waals surface area (Å²) in [5.74, 6) is 0.428. The highest BCUT2D eigenvalue weighted by Gasteiger charge is 2.26. The third-order valence-electron chi connectivity index (χ3n) is 2.27. The number of likely N-dealkylation sites (tertiary alicyclic amines) is 1. The van der Waals surface area contributed by atoms with Gasteiger partial charge >= 0.3 is 0 Å². The van der Waals surface area contributed by atoms with Gasteiger partial charge in [-0.25, -0.2) is 8.42 Å². The monoisotopic (exact) mass is 203 g/mol. The maximum atomic E-state index is 10.8. The Morgan fingerprint density at radius 2 is 1.92 bits per heavy atom. The van der Waals surface area contributed by atoms with Gasteiger partial charge in [0.1, 0.15) is 0 Å². The van der Waals surface area contributed by atoms with Crippen molar-refractivity contribution in [2.45, 2.75) is 19.9 Å². The summed E-state index contributed by atoms with van der Waals surface area (Å²) in [6.45, 7) is 6.28. The first kappa shape index (κ1) is 10.7. The molecule has 1 aliphatic heterocycles. The van der Waals surface area contributed by atoms with Crippen molar-refractivity contribution in [1.82, 2.24) is 4.90 Å². The molecule has 0 amide bonds. The molecule has 0 saturated carbocycles. The van der Waals surface area contributed by atoms with Gasteiger partial charge in [0.05, 0.1) is 0 Å². The Balaban J connectivity index is 2.34. The smallest absolute Gasteiger partial charge is 0.168 e. The van der Waals surface area contributed by atoms with Crippen molar-refractivity contribution in [2.24, 2.45) is 5.92 Å². The Morgan fingerprint density at radius 3 is 2.31 bits per heavy atom. The Morgan fingerprint density at radius 1 is 1.38 bits per heavy atom. The lowest BCUT2D eigenvalue weighted by Gasteiger charge is -2.40. The maximum Gasteiger partial charge on any atom is 0.168 e. The lowest BCUT2D eigenvalue weighted by atomic mass is 9.99. The predicted octanol–water partition coefficient (Wildman–Crippen LogP) is 0.885. The molecule has 13 heavy (non-hydrogen) atoms. The van der Waals surface area contributed by atoms with E-state index >= 15 is 0 Å². The molecular formula is C9H17NO2S. The van der Waals surface area contributed by atoms with Gasteiger partial charge in [0.15, 0.2) is 9.84 Å². The predicted molar refractivity (Wildman–Crippen MR) is 54.2 cm³/mol. The molecule has 1 saturated heterocycles. The fourth-order valence-corrected chi connectivity index (χ4v) is 1.85. The minimum Gasteiger partial charge on any atom is -0.300 e. The highest BCUT2D eigenvalue weighted by atomic mass is 32.2. The van der Waals surface area contributed by atoms with Crippen LogP contribution in [-0.4, -0.2) is 38.7 Å². The average molecular weight is 203 g/mol. The van der Waals surface area contributed by atoms with Crippen LogP contribution in [0.1, 0.15) is 13.8 Å². The molecule has 0 unspecified atom stereocenters. The molecule has 0 aromatic heterocycles. The van der Waals surface area contributed by atoms with Gasteiger partial charge in [-0.3, -0.25) is 4.90 Å². The van der Waals surface area contributed by atoms with E-state index in [1.165, 1.54) is 11.7 Å². The molecule has 1 heterocycles. The van der Waals surface area contributed by atoms with E-state index in [0.717, 1.165) is 13.1 Å². The van der Waals surface area contributed by atoms with Gasteiger partial charge in [-0.05, 0) is 13.8 Å². The topological polar surface area (TPSA) is 37.4 Å². The van der Waals surface area contributed by atoms with E-state index in [2.05, 4.69) is 18.7 Å². The van der Waals surface area contributed by atoms with Gasteiger partial charge in [-0.15, -0.1) is 0 Å².